The van der Waals surface area contributed by atoms with Gasteiger partial charge in [0.05, 0.1) is 5.56 Å². The first-order chi connectivity index (χ1) is 7.24. The zero-order valence-corrected chi connectivity index (χ0v) is 7.74. The Morgan fingerprint density at radius 2 is 2.47 bits per heavy atom. The van der Waals surface area contributed by atoms with Crippen LogP contribution in [0.1, 0.15) is 15.9 Å². The molecule has 0 aliphatic heterocycles. The molecule has 6 heteroatoms. The molecule has 1 N–H and O–H groups in total. The average molecular weight is 204 g/mol. The topological polar surface area (TPSA) is 99.0 Å². The van der Waals surface area contributed by atoms with Crippen LogP contribution in [-0.4, -0.2) is 22.6 Å². The van der Waals surface area contributed by atoms with Crippen LogP contribution in [0.2, 0.25) is 0 Å². The molecule has 0 aliphatic carbocycles. The lowest BCUT2D eigenvalue weighted by Gasteiger charge is -1.95. The maximum atomic E-state index is 10.6. The Balaban J connectivity index is 2.77. The summed E-state index contributed by atoms with van der Waals surface area (Å²) in [5, 5.41) is 12.0. The number of hydrogen-bond acceptors (Lipinski definition) is 3. The third-order valence-corrected chi connectivity index (χ3v) is 1.57. The van der Waals surface area contributed by atoms with E-state index in [0.717, 1.165) is 0 Å². The van der Waals surface area contributed by atoms with Crippen LogP contribution < -0.4 is 0 Å². The van der Waals surface area contributed by atoms with E-state index in [1.54, 1.807) is 12.2 Å². The van der Waals surface area contributed by atoms with Gasteiger partial charge in [-0.1, -0.05) is 17.3 Å². The summed E-state index contributed by atoms with van der Waals surface area (Å²) >= 11 is 0. The van der Waals surface area contributed by atoms with E-state index in [2.05, 4.69) is 15.0 Å². The van der Waals surface area contributed by atoms with Crippen molar-refractivity contribution in [2.75, 3.05) is 6.54 Å². The standard InChI is InChI=1S/C9H8N4O2/c10-13-12-3-1-2-7-4-8(9(14)15)6-11-5-7/h1-2,4-6H,3H2,(H,14,15). The molecule has 6 nitrogen and oxygen atoms in total. The van der Waals surface area contributed by atoms with E-state index in [0.29, 0.717) is 5.56 Å². The first kappa shape index (κ1) is 10.7. The fourth-order valence-electron chi connectivity index (χ4n) is 0.938. The molecule has 0 fully saturated rings. The highest BCUT2D eigenvalue weighted by Gasteiger charge is 2.01. The zero-order chi connectivity index (χ0) is 11.1. The van der Waals surface area contributed by atoms with Crippen molar-refractivity contribution in [3.8, 4) is 0 Å². The Bertz CT molecular complexity index is 435. The van der Waals surface area contributed by atoms with Gasteiger partial charge < -0.3 is 5.11 Å². The highest BCUT2D eigenvalue weighted by atomic mass is 16.4. The molecular formula is C9H8N4O2. The van der Waals surface area contributed by atoms with Gasteiger partial charge >= 0.3 is 5.97 Å². The van der Waals surface area contributed by atoms with Crippen LogP contribution in [0.4, 0.5) is 0 Å². The predicted octanol–water partition coefficient (Wildman–Crippen LogP) is 2.10. The Labute approximate surface area is 85.5 Å². The fraction of sp³-hybridized carbons (Fsp3) is 0.111. The van der Waals surface area contributed by atoms with Crippen LogP contribution in [-0.2, 0) is 0 Å². The molecule has 0 unspecified atom stereocenters. The van der Waals surface area contributed by atoms with Gasteiger partial charge in [-0.15, -0.1) is 0 Å². The molecule has 0 amide bonds. The number of pyridine rings is 1. The van der Waals surface area contributed by atoms with Crippen LogP contribution in [0.3, 0.4) is 0 Å². The summed E-state index contributed by atoms with van der Waals surface area (Å²) in [6.07, 6.45) is 6.07. The maximum Gasteiger partial charge on any atom is 0.337 e. The molecule has 0 spiro atoms. The second-order valence-electron chi connectivity index (χ2n) is 2.63. The van der Waals surface area contributed by atoms with Crippen LogP contribution in [0.15, 0.2) is 29.7 Å². The molecule has 0 atom stereocenters. The minimum absolute atomic E-state index is 0.126. The van der Waals surface area contributed by atoms with E-state index in [-0.39, 0.29) is 12.1 Å². The summed E-state index contributed by atoms with van der Waals surface area (Å²) in [6.45, 7) is 0.230. The normalized spacial score (nSPS) is 9.87. The number of nitrogens with zero attached hydrogens (tertiary/aromatic N) is 4. The first-order valence-electron chi connectivity index (χ1n) is 4.10. The molecule has 0 saturated carbocycles. The Hall–Kier alpha value is -2.33. The van der Waals surface area contributed by atoms with Crippen molar-refractivity contribution in [3.05, 3.63) is 46.1 Å². The molecule has 15 heavy (non-hydrogen) atoms. The van der Waals surface area contributed by atoms with Crippen LogP contribution in [0.25, 0.3) is 16.5 Å². The third-order valence-electron chi connectivity index (χ3n) is 1.57. The number of hydrogen-bond donors (Lipinski definition) is 1. The minimum atomic E-state index is -1.02. The average Bonchev–Trinajstić information content (AvgIpc) is 2.25. The summed E-state index contributed by atoms with van der Waals surface area (Å²) in [5.41, 5.74) is 8.80. The van der Waals surface area contributed by atoms with Crippen LogP contribution in [0, 0.1) is 0 Å². The largest absolute Gasteiger partial charge is 0.478 e. The first-order valence-corrected chi connectivity index (χ1v) is 4.10. The molecule has 0 saturated heterocycles. The van der Waals surface area contributed by atoms with Crippen molar-refractivity contribution in [2.45, 2.75) is 0 Å². The van der Waals surface area contributed by atoms with Crippen molar-refractivity contribution in [1.82, 2.24) is 4.98 Å². The molecular weight excluding hydrogens is 196 g/mol. The van der Waals surface area contributed by atoms with Crippen molar-refractivity contribution in [2.24, 2.45) is 5.11 Å². The maximum absolute atomic E-state index is 10.6. The zero-order valence-electron chi connectivity index (χ0n) is 7.74. The van der Waals surface area contributed by atoms with Crippen molar-refractivity contribution in [3.63, 3.8) is 0 Å². The van der Waals surface area contributed by atoms with Gasteiger partial charge in [0.2, 0.25) is 0 Å². The summed E-state index contributed by atoms with van der Waals surface area (Å²) in [4.78, 5) is 16.9. The molecule has 1 aromatic rings. The molecule has 1 heterocycles. The van der Waals surface area contributed by atoms with Gasteiger partial charge in [-0.2, -0.15) is 0 Å². The van der Waals surface area contributed by atoms with E-state index in [9.17, 15) is 4.79 Å². The second kappa shape index (κ2) is 5.41. The Morgan fingerprint density at radius 1 is 1.67 bits per heavy atom. The van der Waals surface area contributed by atoms with Crippen molar-refractivity contribution < 1.29 is 9.90 Å². The number of carboxylic acids is 1. The van der Waals surface area contributed by atoms with Gasteiger partial charge in [-0.05, 0) is 17.2 Å². The minimum Gasteiger partial charge on any atom is -0.478 e. The van der Waals surface area contributed by atoms with E-state index in [1.807, 2.05) is 0 Å². The van der Waals surface area contributed by atoms with Gasteiger partial charge in [0, 0.05) is 23.9 Å². The monoisotopic (exact) mass is 204 g/mol. The van der Waals surface area contributed by atoms with Crippen molar-refractivity contribution >= 4 is 12.0 Å². The number of carbonyl (C=O) groups is 1. The van der Waals surface area contributed by atoms with Gasteiger partial charge in [-0.25, -0.2) is 4.79 Å². The smallest absolute Gasteiger partial charge is 0.337 e. The van der Waals surface area contributed by atoms with E-state index < -0.39 is 5.97 Å². The lowest BCUT2D eigenvalue weighted by atomic mass is 10.2. The highest BCUT2D eigenvalue weighted by Crippen LogP contribution is 2.04. The summed E-state index contributed by atoms with van der Waals surface area (Å²) in [7, 11) is 0. The van der Waals surface area contributed by atoms with Crippen molar-refractivity contribution in [1.29, 1.82) is 0 Å². The van der Waals surface area contributed by atoms with Crippen LogP contribution in [0.5, 0.6) is 0 Å². The molecule has 0 radical (unpaired) electrons. The quantitative estimate of drug-likeness (QED) is 0.461. The Kier molecular flexibility index (Phi) is 3.88. The summed E-state index contributed by atoms with van der Waals surface area (Å²) in [5.74, 6) is -1.02. The van der Waals surface area contributed by atoms with Gasteiger partial charge in [0.25, 0.3) is 0 Å². The molecule has 1 aromatic heterocycles. The molecule has 1 rings (SSSR count). The second-order valence-corrected chi connectivity index (χ2v) is 2.63. The van der Waals surface area contributed by atoms with Gasteiger partial charge in [0.15, 0.2) is 0 Å². The summed E-state index contributed by atoms with van der Waals surface area (Å²) < 4.78 is 0. The third kappa shape index (κ3) is 3.50. The predicted molar refractivity (Wildman–Crippen MR) is 54.2 cm³/mol. The summed E-state index contributed by atoms with van der Waals surface area (Å²) in [6, 6.07) is 1.49. The Morgan fingerprint density at radius 3 is 3.13 bits per heavy atom. The SMILES string of the molecule is [N-]=[N+]=NCC=Cc1cncc(C(=O)O)c1. The molecule has 0 aromatic carbocycles. The van der Waals surface area contributed by atoms with Crippen LogP contribution >= 0.6 is 0 Å². The lowest BCUT2D eigenvalue weighted by molar-refractivity contribution is 0.0696. The number of rotatable bonds is 4. The van der Waals surface area contributed by atoms with E-state index >= 15 is 0 Å². The molecule has 0 bridgehead atoms. The number of carboxylic acid groups (broad SMARTS) is 1. The number of azide groups is 1. The molecule has 76 valence electrons. The fourth-order valence-corrected chi connectivity index (χ4v) is 0.938. The number of aromatic nitrogens is 1. The molecule has 0 aliphatic rings. The van der Waals surface area contributed by atoms with E-state index in [1.165, 1.54) is 18.5 Å². The highest BCUT2D eigenvalue weighted by molar-refractivity contribution is 5.87. The van der Waals surface area contributed by atoms with Gasteiger partial charge in [0.1, 0.15) is 0 Å². The number of aromatic carboxylic acids is 1. The van der Waals surface area contributed by atoms with E-state index in [4.69, 9.17) is 10.6 Å². The lowest BCUT2D eigenvalue weighted by Crippen LogP contribution is -1.96. The van der Waals surface area contributed by atoms with Gasteiger partial charge in [-0.3, -0.25) is 4.98 Å².